The predicted molar refractivity (Wildman–Crippen MR) is 68.6 cm³/mol. The molecule has 1 N–H and O–H groups in total. The summed E-state index contributed by atoms with van der Waals surface area (Å²) in [5, 5.41) is 1.83. The summed E-state index contributed by atoms with van der Waals surface area (Å²) in [6.07, 6.45) is -5.78. The molecule has 1 fully saturated rings. The summed E-state index contributed by atoms with van der Waals surface area (Å²) in [4.78, 5) is 11.0. The second-order valence-electron chi connectivity index (χ2n) is 4.19. The minimum Gasteiger partial charge on any atom is -0.443 e. The number of cyclic esters (lactones) is 1. The monoisotopic (exact) mass is 395 g/mol. The van der Waals surface area contributed by atoms with Gasteiger partial charge in [0.2, 0.25) is 0 Å². The normalized spacial score (nSPS) is 21.0. The van der Waals surface area contributed by atoms with E-state index in [1.807, 2.05) is 5.32 Å². The molecule has 0 unspecified atom stereocenters. The van der Waals surface area contributed by atoms with Crippen LogP contribution in [0.1, 0.15) is 17.2 Å². The number of benzene rings is 1. The van der Waals surface area contributed by atoms with E-state index in [9.17, 15) is 26.7 Å². The van der Waals surface area contributed by atoms with Crippen molar-refractivity contribution in [3.63, 3.8) is 0 Å². The number of ether oxygens (including phenoxy) is 1. The first kappa shape index (κ1) is 18.0. The molecule has 0 saturated carbocycles. The molecule has 0 bridgehead atoms. The summed E-state index contributed by atoms with van der Waals surface area (Å²) in [5.41, 5.74) is -1.44. The second kappa shape index (κ2) is 5.96. The van der Waals surface area contributed by atoms with Crippen molar-refractivity contribution in [1.29, 1.82) is 0 Å². The van der Waals surface area contributed by atoms with Crippen LogP contribution < -0.4 is 5.32 Å². The molecule has 0 radical (unpaired) electrons. The van der Waals surface area contributed by atoms with Gasteiger partial charge >= 0.3 is 18.2 Å². The van der Waals surface area contributed by atoms with Crippen LogP contribution in [0.25, 0.3) is 0 Å². The Morgan fingerprint density at radius 3 is 2.48 bits per heavy atom. The molecule has 1 aliphatic rings. The van der Waals surface area contributed by atoms with Gasteiger partial charge in [-0.25, -0.2) is 13.6 Å². The Bertz CT molecular complexity index is 552. The van der Waals surface area contributed by atoms with Crippen molar-refractivity contribution in [2.45, 2.75) is 18.1 Å². The summed E-state index contributed by atoms with van der Waals surface area (Å²) < 4.78 is 69.4. The molecule has 1 aromatic rings. The highest BCUT2D eigenvalue weighted by atomic mass is 79.9. The Hall–Kier alpha value is -1.09. The smallest absolute Gasteiger partial charge is 0.416 e. The van der Waals surface area contributed by atoms with Gasteiger partial charge in [-0.2, -0.15) is 13.2 Å². The molecule has 1 aromatic carbocycles. The molecule has 1 amide bonds. The molecule has 0 aliphatic carbocycles. The number of hydrogen-bond donors (Lipinski definition) is 1. The van der Waals surface area contributed by atoms with Gasteiger partial charge in [-0.1, -0.05) is 15.9 Å². The van der Waals surface area contributed by atoms with Crippen LogP contribution in [0, 0.1) is 0 Å². The second-order valence-corrected chi connectivity index (χ2v) is 5.10. The molecule has 21 heavy (non-hydrogen) atoms. The van der Waals surface area contributed by atoms with Crippen molar-refractivity contribution in [3.8, 4) is 0 Å². The Morgan fingerprint density at radius 2 is 1.90 bits per heavy atom. The van der Waals surface area contributed by atoms with E-state index >= 15 is 0 Å². The lowest BCUT2D eigenvalue weighted by molar-refractivity contribution is -0.138. The summed E-state index contributed by atoms with van der Waals surface area (Å²) in [5.74, 6) is -3.50. The summed E-state index contributed by atoms with van der Waals surface area (Å²) >= 11 is 2.84. The number of carbonyl (C=O) groups is 1. The lowest BCUT2D eigenvalue weighted by atomic mass is 9.98. The van der Waals surface area contributed by atoms with E-state index in [-0.39, 0.29) is 22.4 Å². The van der Waals surface area contributed by atoms with Crippen molar-refractivity contribution in [3.05, 3.63) is 33.8 Å². The molecule has 1 heterocycles. The number of amides is 1. The van der Waals surface area contributed by atoms with Crippen LogP contribution in [0.2, 0.25) is 0 Å². The van der Waals surface area contributed by atoms with Gasteiger partial charge in [0.1, 0.15) is 6.04 Å². The highest BCUT2D eigenvalue weighted by molar-refractivity contribution is 9.10. The average molecular weight is 397 g/mol. The van der Waals surface area contributed by atoms with Crippen molar-refractivity contribution >= 4 is 34.4 Å². The third-order valence-corrected chi connectivity index (χ3v) is 3.12. The number of nitrogens with one attached hydrogen (secondary N) is 1. The van der Waals surface area contributed by atoms with Crippen LogP contribution in [-0.4, -0.2) is 18.6 Å². The standard InChI is InChI=1S/C11H7BrF5NO2.ClH/c12-7-2-5(1-6(3-7)11(15,16)17)8-10(13,14)4-20-9(19)18-8;/h1-3,8H,4H2,(H,18,19);1H/t8-;/m0./s1. The molecule has 1 atom stereocenters. The van der Waals surface area contributed by atoms with Gasteiger partial charge in [0.25, 0.3) is 0 Å². The molecule has 1 aliphatic heterocycles. The van der Waals surface area contributed by atoms with Gasteiger partial charge in [0, 0.05) is 4.47 Å². The van der Waals surface area contributed by atoms with E-state index in [2.05, 4.69) is 20.7 Å². The minimum absolute atomic E-state index is 0. The van der Waals surface area contributed by atoms with Gasteiger partial charge in [-0.15, -0.1) is 12.4 Å². The van der Waals surface area contributed by atoms with Crippen LogP contribution in [0.4, 0.5) is 26.7 Å². The average Bonchev–Trinajstić information content (AvgIpc) is 2.30. The van der Waals surface area contributed by atoms with Crippen LogP contribution in [-0.2, 0) is 10.9 Å². The summed E-state index contributed by atoms with van der Waals surface area (Å²) in [6, 6.07) is 0.569. The highest BCUT2D eigenvalue weighted by Crippen LogP contribution is 2.38. The first-order valence-corrected chi connectivity index (χ1v) is 6.08. The molecule has 2 rings (SSSR count). The molecular formula is C11H8BrClF5NO2. The third-order valence-electron chi connectivity index (χ3n) is 2.66. The number of halogens is 7. The van der Waals surface area contributed by atoms with Crippen molar-refractivity contribution < 1.29 is 31.5 Å². The Balaban J connectivity index is 0.00000220. The topological polar surface area (TPSA) is 38.3 Å². The maximum atomic E-state index is 13.7. The number of alkyl carbamates (subject to hydrolysis) is 1. The van der Waals surface area contributed by atoms with Gasteiger partial charge in [0.05, 0.1) is 5.56 Å². The van der Waals surface area contributed by atoms with E-state index in [0.717, 1.165) is 12.1 Å². The summed E-state index contributed by atoms with van der Waals surface area (Å²) in [6.45, 7) is -1.18. The molecule has 3 nitrogen and oxygen atoms in total. The van der Waals surface area contributed by atoms with E-state index in [1.165, 1.54) is 0 Å². The highest BCUT2D eigenvalue weighted by Gasteiger charge is 2.47. The Morgan fingerprint density at radius 1 is 1.29 bits per heavy atom. The van der Waals surface area contributed by atoms with Crippen molar-refractivity contribution in [2.75, 3.05) is 6.61 Å². The van der Waals surface area contributed by atoms with E-state index < -0.39 is 36.4 Å². The van der Waals surface area contributed by atoms with Gasteiger partial charge in [-0.05, 0) is 23.8 Å². The van der Waals surface area contributed by atoms with Crippen LogP contribution >= 0.6 is 28.3 Å². The first-order chi connectivity index (χ1) is 9.09. The zero-order valence-corrected chi connectivity index (χ0v) is 12.4. The van der Waals surface area contributed by atoms with E-state index in [1.54, 1.807) is 0 Å². The molecule has 10 heteroatoms. The largest absolute Gasteiger partial charge is 0.443 e. The number of alkyl halides is 5. The third kappa shape index (κ3) is 3.97. The lowest BCUT2D eigenvalue weighted by Gasteiger charge is -2.32. The maximum Gasteiger partial charge on any atom is 0.416 e. The van der Waals surface area contributed by atoms with Gasteiger partial charge < -0.3 is 10.1 Å². The lowest BCUT2D eigenvalue weighted by Crippen LogP contribution is -2.49. The zero-order chi connectivity index (χ0) is 15.1. The molecular weight excluding hydrogens is 388 g/mol. The van der Waals surface area contributed by atoms with Crippen LogP contribution in [0.15, 0.2) is 22.7 Å². The van der Waals surface area contributed by atoms with E-state index in [4.69, 9.17) is 0 Å². The van der Waals surface area contributed by atoms with Gasteiger partial charge in [0.15, 0.2) is 6.61 Å². The Kier molecular flexibility index (Phi) is 5.09. The van der Waals surface area contributed by atoms with E-state index in [0.29, 0.717) is 6.07 Å². The maximum absolute atomic E-state index is 13.7. The number of hydrogen-bond acceptors (Lipinski definition) is 2. The quantitative estimate of drug-likeness (QED) is 0.719. The first-order valence-electron chi connectivity index (χ1n) is 5.28. The van der Waals surface area contributed by atoms with Gasteiger partial charge in [-0.3, -0.25) is 0 Å². The molecule has 1 saturated heterocycles. The zero-order valence-electron chi connectivity index (χ0n) is 10.0. The number of carbonyl (C=O) groups excluding carboxylic acids is 1. The fourth-order valence-electron chi connectivity index (χ4n) is 1.78. The minimum atomic E-state index is -4.68. The number of rotatable bonds is 1. The van der Waals surface area contributed by atoms with Crippen molar-refractivity contribution in [2.24, 2.45) is 0 Å². The predicted octanol–water partition coefficient (Wildman–Crippen LogP) is 4.31. The summed E-state index contributed by atoms with van der Waals surface area (Å²) in [7, 11) is 0. The molecule has 0 spiro atoms. The fourth-order valence-corrected chi connectivity index (χ4v) is 2.29. The SMILES string of the molecule is Cl.O=C1N[C@@H](c2cc(Br)cc(C(F)(F)F)c2)C(F)(F)CO1. The molecule has 118 valence electrons. The van der Waals surface area contributed by atoms with Crippen molar-refractivity contribution in [1.82, 2.24) is 5.32 Å². The van der Waals surface area contributed by atoms with Crippen LogP contribution in [0.5, 0.6) is 0 Å². The Labute approximate surface area is 130 Å². The molecule has 0 aromatic heterocycles. The fraction of sp³-hybridized carbons (Fsp3) is 0.364. The van der Waals surface area contributed by atoms with Crippen LogP contribution in [0.3, 0.4) is 0 Å².